The van der Waals surface area contributed by atoms with Crippen molar-refractivity contribution >= 4 is 5.82 Å². The molecule has 0 aliphatic carbocycles. The number of nitrogens with zero attached hydrogens (tertiary/aromatic N) is 2. The van der Waals surface area contributed by atoms with E-state index in [0.717, 1.165) is 22.9 Å². The fraction of sp³-hybridized carbons (Fsp3) is 0.400. The Morgan fingerprint density at radius 3 is 2.44 bits per heavy atom. The second kappa shape index (κ2) is 4.48. The summed E-state index contributed by atoms with van der Waals surface area (Å²) < 4.78 is 1.99. The topological polar surface area (TPSA) is 43.8 Å². The quantitative estimate of drug-likeness (QED) is 0.878. The highest BCUT2D eigenvalue weighted by atomic mass is 15.1. The van der Waals surface area contributed by atoms with Crippen molar-refractivity contribution in [2.45, 2.75) is 33.6 Å². The maximum absolute atomic E-state index is 6.19. The number of nitrogens with two attached hydrogens (primary N) is 1. The third kappa shape index (κ3) is 1.90. The van der Waals surface area contributed by atoms with Gasteiger partial charge in [-0.05, 0) is 25.0 Å². The first-order chi connectivity index (χ1) is 8.43. The largest absolute Gasteiger partial charge is 0.383 e. The first kappa shape index (κ1) is 12.7. The van der Waals surface area contributed by atoms with Gasteiger partial charge in [0.25, 0.3) is 0 Å². The van der Waals surface area contributed by atoms with Crippen LogP contribution in [0.1, 0.15) is 36.7 Å². The molecule has 0 unspecified atom stereocenters. The van der Waals surface area contributed by atoms with Crippen LogP contribution in [0.15, 0.2) is 18.2 Å². The number of nitrogen functional groups attached to an aromatic ring is 1. The number of benzene rings is 1. The first-order valence-corrected chi connectivity index (χ1v) is 6.32. The van der Waals surface area contributed by atoms with Gasteiger partial charge < -0.3 is 10.3 Å². The lowest BCUT2D eigenvalue weighted by Crippen LogP contribution is -2.03. The molecule has 0 bridgehead atoms. The summed E-state index contributed by atoms with van der Waals surface area (Å²) in [6.07, 6.45) is 0. The van der Waals surface area contributed by atoms with E-state index >= 15 is 0 Å². The van der Waals surface area contributed by atoms with Crippen molar-refractivity contribution in [1.82, 2.24) is 9.55 Å². The number of aromatic nitrogens is 2. The van der Waals surface area contributed by atoms with Gasteiger partial charge >= 0.3 is 0 Å². The monoisotopic (exact) mass is 243 g/mol. The number of anilines is 1. The molecular weight excluding hydrogens is 222 g/mol. The highest BCUT2D eigenvalue weighted by Crippen LogP contribution is 2.31. The van der Waals surface area contributed by atoms with E-state index in [1.807, 2.05) is 11.6 Å². The van der Waals surface area contributed by atoms with Crippen LogP contribution in [0, 0.1) is 13.8 Å². The van der Waals surface area contributed by atoms with Crippen molar-refractivity contribution < 1.29 is 0 Å². The maximum atomic E-state index is 6.19. The molecule has 3 heteroatoms. The Bertz CT molecular complexity index is 580. The molecule has 0 radical (unpaired) electrons. The molecule has 0 aliphatic heterocycles. The van der Waals surface area contributed by atoms with Gasteiger partial charge in [-0.2, -0.15) is 0 Å². The molecule has 3 nitrogen and oxygen atoms in total. The van der Waals surface area contributed by atoms with Gasteiger partial charge in [-0.3, -0.25) is 0 Å². The molecule has 0 saturated carbocycles. The minimum absolute atomic E-state index is 0.371. The van der Waals surface area contributed by atoms with E-state index in [-0.39, 0.29) is 0 Å². The number of hydrogen-bond donors (Lipinski definition) is 1. The molecule has 1 aromatic heterocycles. The molecule has 1 aromatic carbocycles. The van der Waals surface area contributed by atoms with Crippen LogP contribution in [0.4, 0.5) is 5.82 Å². The molecule has 18 heavy (non-hydrogen) atoms. The van der Waals surface area contributed by atoms with Crippen LogP contribution in [0.5, 0.6) is 0 Å². The second-order valence-electron chi connectivity index (χ2n) is 5.17. The molecule has 0 saturated heterocycles. The Kier molecular flexibility index (Phi) is 3.16. The number of aryl methyl sites for hydroxylation is 1. The zero-order valence-corrected chi connectivity index (χ0v) is 11.8. The Hall–Kier alpha value is -1.77. The Morgan fingerprint density at radius 2 is 1.89 bits per heavy atom. The Labute approximate surface area is 109 Å². The van der Waals surface area contributed by atoms with E-state index in [1.54, 1.807) is 0 Å². The average Bonchev–Trinajstić information content (AvgIpc) is 2.61. The minimum Gasteiger partial charge on any atom is -0.383 e. The van der Waals surface area contributed by atoms with E-state index < -0.39 is 0 Å². The Balaban J connectivity index is 2.65. The molecule has 0 aliphatic rings. The van der Waals surface area contributed by atoms with Gasteiger partial charge in [-0.25, -0.2) is 4.98 Å². The van der Waals surface area contributed by atoms with E-state index in [0.29, 0.717) is 5.92 Å². The summed E-state index contributed by atoms with van der Waals surface area (Å²) in [4.78, 5) is 4.72. The van der Waals surface area contributed by atoms with Crippen LogP contribution < -0.4 is 5.73 Å². The Morgan fingerprint density at radius 1 is 1.22 bits per heavy atom. The highest BCUT2D eigenvalue weighted by molar-refractivity contribution is 5.74. The molecule has 96 valence electrons. The van der Waals surface area contributed by atoms with Gasteiger partial charge in [-0.15, -0.1) is 0 Å². The fourth-order valence-electron chi connectivity index (χ4n) is 2.25. The van der Waals surface area contributed by atoms with E-state index in [2.05, 4.69) is 45.9 Å². The summed E-state index contributed by atoms with van der Waals surface area (Å²) in [5.74, 6) is 2.15. The summed E-state index contributed by atoms with van der Waals surface area (Å²) in [5, 5.41) is 0. The molecular formula is C15H21N3. The predicted molar refractivity (Wildman–Crippen MR) is 76.6 cm³/mol. The summed E-state index contributed by atoms with van der Waals surface area (Å²) >= 11 is 0. The lowest BCUT2D eigenvalue weighted by atomic mass is 10.0. The minimum atomic E-state index is 0.371. The predicted octanol–water partition coefficient (Wildman–Crippen LogP) is 3.41. The van der Waals surface area contributed by atoms with Crippen LogP contribution >= 0.6 is 0 Å². The highest BCUT2D eigenvalue weighted by Gasteiger charge is 2.17. The number of hydrogen-bond acceptors (Lipinski definition) is 2. The van der Waals surface area contributed by atoms with Crippen LogP contribution in [0.2, 0.25) is 0 Å². The van der Waals surface area contributed by atoms with Gasteiger partial charge in [0.05, 0.1) is 0 Å². The summed E-state index contributed by atoms with van der Waals surface area (Å²) in [5.41, 5.74) is 10.7. The van der Waals surface area contributed by atoms with Gasteiger partial charge in [0.2, 0.25) is 0 Å². The van der Waals surface area contributed by atoms with Gasteiger partial charge in [0, 0.05) is 18.5 Å². The number of rotatable bonds is 2. The fourth-order valence-corrected chi connectivity index (χ4v) is 2.25. The summed E-state index contributed by atoms with van der Waals surface area (Å²) in [7, 11) is 1.98. The zero-order chi connectivity index (χ0) is 13.4. The third-order valence-electron chi connectivity index (χ3n) is 3.55. The van der Waals surface area contributed by atoms with Crippen molar-refractivity contribution in [3.63, 3.8) is 0 Å². The summed E-state index contributed by atoms with van der Waals surface area (Å²) in [6, 6.07) is 6.26. The first-order valence-electron chi connectivity index (χ1n) is 6.32. The second-order valence-corrected chi connectivity index (χ2v) is 5.17. The van der Waals surface area contributed by atoms with Gasteiger partial charge in [-0.1, -0.05) is 32.0 Å². The van der Waals surface area contributed by atoms with E-state index in [4.69, 9.17) is 10.7 Å². The molecule has 0 amide bonds. The smallest absolute Gasteiger partial charge is 0.131 e. The summed E-state index contributed by atoms with van der Waals surface area (Å²) in [6.45, 7) is 8.50. The molecule has 1 heterocycles. The van der Waals surface area contributed by atoms with Crippen molar-refractivity contribution in [2.75, 3.05) is 5.73 Å². The molecule has 2 N–H and O–H groups in total. The molecule has 0 spiro atoms. The van der Waals surface area contributed by atoms with Crippen LogP contribution in [0.3, 0.4) is 0 Å². The number of imidazole rings is 1. The molecule has 0 fully saturated rings. The normalized spacial score (nSPS) is 11.2. The van der Waals surface area contributed by atoms with Crippen LogP contribution in [-0.2, 0) is 7.05 Å². The molecule has 2 aromatic rings. The van der Waals surface area contributed by atoms with E-state index in [9.17, 15) is 0 Å². The maximum Gasteiger partial charge on any atom is 0.131 e. The average molecular weight is 243 g/mol. The molecule has 0 atom stereocenters. The third-order valence-corrected chi connectivity index (χ3v) is 3.55. The van der Waals surface area contributed by atoms with Gasteiger partial charge in [0.15, 0.2) is 0 Å². The van der Waals surface area contributed by atoms with Crippen molar-refractivity contribution in [3.8, 4) is 11.3 Å². The SMILES string of the molecule is Cc1cccc(-c2nc(C(C)C)n(C)c2N)c1C. The van der Waals surface area contributed by atoms with Crippen molar-refractivity contribution in [2.24, 2.45) is 7.05 Å². The lowest BCUT2D eigenvalue weighted by molar-refractivity contribution is 0.715. The van der Waals surface area contributed by atoms with E-state index in [1.165, 1.54) is 11.1 Å². The zero-order valence-electron chi connectivity index (χ0n) is 11.8. The van der Waals surface area contributed by atoms with Crippen LogP contribution in [0.25, 0.3) is 11.3 Å². The lowest BCUT2D eigenvalue weighted by Gasteiger charge is -2.07. The van der Waals surface area contributed by atoms with Crippen molar-refractivity contribution in [1.29, 1.82) is 0 Å². The molecule has 2 rings (SSSR count). The van der Waals surface area contributed by atoms with Crippen molar-refractivity contribution in [3.05, 3.63) is 35.2 Å². The van der Waals surface area contributed by atoms with Crippen LogP contribution in [-0.4, -0.2) is 9.55 Å². The van der Waals surface area contributed by atoms with Gasteiger partial charge in [0.1, 0.15) is 17.3 Å². The standard InChI is InChI=1S/C15H21N3/c1-9(2)15-17-13(14(16)18(15)5)12-8-6-7-10(3)11(12)4/h6-9H,16H2,1-5H3.